The SMILES string of the molecule is FC(F)C1CCCCC12CCNC2. The average molecular weight is 189 g/mol. The average Bonchev–Trinajstić information content (AvgIpc) is 2.54. The van der Waals surface area contributed by atoms with Gasteiger partial charge in [0, 0.05) is 12.5 Å². The fourth-order valence-electron chi connectivity index (χ4n) is 3.02. The Morgan fingerprint density at radius 1 is 1.23 bits per heavy atom. The van der Waals surface area contributed by atoms with E-state index in [2.05, 4.69) is 5.32 Å². The lowest BCUT2D eigenvalue weighted by Crippen LogP contribution is -2.39. The summed E-state index contributed by atoms with van der Waals surface area (Å²) >= 11 is 0. The zero-order valence-electron chi connectivity index (χ0n) is 7.86. The van der Waals surface area contributed by atoms with Gasteiger partial charge in [0.15, 0.2) is 0 Å². The van der Waals surface area contributed by atoms with E-state index < -0.39 is 6.43 Å². The lowest BCUT2D eigenvalue weighted by atomic mass is 9.66. The predicted octanol–water partition coefficient (Wildman–Crippen LogP) is 2.42. The molecule has 1 heterocycles. The highest BCUT2D eigenvalue weighted by Gasteiger charge is 2.46. The molecular formula is C10H17F2N. The van der Waals surface area contributed by atoms with Gasteiger partial charge in [0.05, 0.1) is 0 Å². The van der Waals surface area contributed by atoms with Crippen molar-refractivity contribution in [2.24, 2.45) is 11.3 Å². The molecule has 1 saturated heterocycles. The maximum absolute atomic E-state index is 12.8. The molecule has 2 atom stereocenters. The van der Waals surface area contributed by atoms with Crippen LogP contribution >= 0.6 is 0 Å². The van der Waals surface area contributed by atoms with E-state index in [0.29, 0.717) is 0 Å². The Kier molecular flexibility index (Phi) is 2.54. The van der Waals surface area contributed by atoms with Gasteiger partial charge in [-0.25, -0.2) is 8.78 Å². The van der Waals surface area contributed by atoms with E-state index in [1.807, 2.05) is 0 Å². The Labute approximate surface area is 77.9 Å². The van der Waals surface area contributed by atoms with Crippen LogP contribution in [0.2, 0.25) is 0 Å². The first-order valence-corrected chi connectivity index (χ1v) is 5.23. The summed E-state index contributed by atoms with van der Waals surface area (Å²) in [6.45, 7) is 1.76. The van der Waals surface area contributed by atoms with Crippen LogP contribution in [0.1, 0.15) is 32.1 Å². The van der Waals surface area contributed by atoms with Gasteiger partial charge in [0.1, 0.15) is 0 Å². The molecule has 0 aromatic carbocycles. The van der Waals surface area contributed by atoms with Gasteiger partial charge in [-0.15, -0.1) is 0 Å². The van der Waals surface area contributed by atoms with Gasteiger partial charge < -0.3 is 5.32 Å². The van der Waals surface area contributed by atoms with Crippen molar-refractivity contribution < 1.29 is 8.78 Å². The molecule has 1 saturated carbocycles. The van der Waals surface area contributed by atoms with Crippen molar-refractivity contribution in [2.45, 2.75) is 38.5 Å². The van der Waals surface area contributed by atoms with Gasteiger partial charge in [-0.1, -0.05) is 12.8 Å². The van der Waals surface area contributed by atoms with Crippen LogP contribution < -0.4 is 5.32 Å². The molecule has 1 N–H and O–H groups in total. The summed E-state index contributed by atoms with van der Waals surface area (Å²) in [4.78, 5) is 0. The van der Waals surface area contributed by atoms with E-state index in [1.165, 1.54) is 0 Å². The molecule has 13 heavy (non-hydrogen) atoms. The molecule has 1 aliphatic carbocycles. The van der Waals surface area contributed by atoms with E-state index in [1.54, 1.807) is 0 Å². The van der Waals surface area contributed by atoms with Crippen molar-refractivity contribution in [2.75, 3.05) is 13.1 Å². The summed E-state index contributed by atoms with van der Waals surface area (Å²) in [7, 11) is 0. The number of halogens is 2. The summed E-state index contributed by atoms with van der Waals surface area (Å²) < 4.78 is 25.6. The highest BCUT2D eigenvalue weighted by Crippen LogP contribution is 2.47. The molecule has 0 bridgehead atoms. The molecule has 1 aliphatic heterocycles. The standard InChI is InChI=1S/C10H17F2N/c11-9(12)8-3-1-2-4-10(8)5-6-13-7-10/h8-9,13H,1-7H2. The van der Waals surface area contributed by atoms with E-state index in [-0.39, 0.29) is 11.3 Å². The summed E-state index contributed by atoms with van der Waals surface area (Å²) in [6, 6.07) is 0. The number of hydrogen-bond donors (Lipinski definition) is 1. The largest absolute Gasteiger partial charge is 0.316 e. The molecule has 0 amide bonds. The maximum Gasteiger partial charge on any atom is 0.242 e. The fourth-order valence-corrected chi connectivity index (χ4v) is 3.02. The Morgan fingerprint density at radius 2 is 2.08 bits per heavy atom. The molecule has 3 heteroatoms. The minimum atomic E-state index is -2.11. The highest BCUT2D eigenvalue weighted by molar-refractivity contribution is 4.96. The summed E-state index contributed by atoms with van der Waals surface area (Å²) in [5.74, 6) is -0.337. The van der Waals surface area contributed by atoms with Crippen LogP contribution in [0.3, 0.4) is 0 Å². The topological polar surface area (TPSA) is 12.0 Å². The zero-order chi connectivity index (χ0) is 9.31. The van der Waals surface area contributed by atoms with E-state index in [4.69, 9.17) is 0 Å². The van der Waals surface area contributed by atoms with Crippen molar-refractivity contribution in [3.8, 4) is 0 Å². The van der Waals surface area contributed by atoms with E-state index >= 15 is 0 Å². The molecule has 0 aromatic rings. The van der Waals surface area contributed by atoms with Crippen molar-refractivity contribution in [1.82, 2.24) is 5.32 Å². The van der Waals surface area contributed by atoms with Crippen LogP contribution in [-0.2, 0) is 0 Å². The third kappa shape index (κ3) is 1.58. The molecule has 76 valence electrons. The third-order valence-electron chi connectivity index (χ3n) is 3.81. The lowest BCUT2D eigenvalue weighted by Gasteiger charge is -2.40. The molecule has 1 nitrogen and oxygen atoms in total. The van der Waals surface area contributed by atoms with Crippen molar-refractivity contribution in [3.63, 3.8) is 0 Å². The minimum absolute atomic E-state index is 0.0492. The molecular weight excluding hydrogens is 172 g/mol. The van der Waals surface area contributed by atoms with Gasteiger partial charge in [-0.05, 0) is 31.2 Å². The molecule has 0 aromatic heterocycles. The maximum atomic E-state index is 12.8. The smallest absolute Gasteiger partial charge is 0.242 e. The normalized spacial score (nSPS) is 40.4. The first-order valence-electron chi connectivity index (χ1n) is 5.23. The molecule has 0 radical (unpaired) electrons. The number of nitrogens with one attached hydrogen (secondary N) is 1. The van der Waals surface area contributed by atoms with Gasteiger partial charge in [-0.3, -0.25) is 0 Å². The van der Waals surface area contributed by atoms with Crippen LogP contribution in [-0.4, -0.2) is 19.5 Å². The fraction of sp³-hybridized carbons (Fsp3) is 1.00. The third-order valence-corrected chi connectivity index (χ3v) is 3.81. The van der Waals surface area contributed by atoms with Crippen LogP contribution in [0.15, 0.2) is 0 Å². The van der Waals surface area contributed by atoms with Gasteiger partial charge >= 0.3 is 0 Å². The Morgan fingerprint density at radius 3 is 2.69 bits per heavy atom. The second-order valence-corrected chi connectivity index (χ2v) is 4.48. The molecule has 2 rings (SSSR count). The van der Waals surface area contributed by atoms with Crippen LogP contribution in [0, 0.1) is 11.3 Å². The second-order valence-electron chi connectivity index (χ2n) is 4.48. The highest BCUT2D eigenvalue weighted by atomic mass is 19.3. The Bertz CT molecular complexity index is 176. The van der Waals surface area contributed by atoms with Crippen LogP contribution in [0.4, 0.5) is 8.78 Å². The number of alkyl halides is 2. The van der Waals surface area contributed by atoms with Crippen molar-refractivity contribution >= 4 is 0 Å². The van der Waals surface area contributed by atoms with Crippen LogP contribution in [0.25, 0.3) is 0 Å². The predicted molar refractivity (Wildman–Crippen MR) is 47.9 cm³/mol. The zero-order valence-corrected chi connectivity index (χ0v) is 7.86. The Hall–Kier alpha value is -0.180. The van der Waals surface area contributed by atoms with Crippen molar-refractivity contribution in [1.29, 1.82) is 0 Å². The summed E-state index contributed by atoms with van der Waals surface area (Å²) in [6.07, 6.45) is 2.73. The monoisotopic (exact) mass is 189 g/mol. The van der Waals surface area contributed by atoms with E-state index in [0.717, 1.165) is 45.2 Å². The first-order chi connectivity index (χ1) is 6.25. The summed E-state index contributed by atoms with van der Waals surface area (Å²) in [5, 5.41) is 3.23. The van der Waals surface area contributed by atoms with E-state index in [9.17, 15) is 8.78 Å². The second kappa shape index (κ2) is 3.52. The number of rotatable bonds is 1. The lowest BCUT2D eigenvalue weighted by molar-refractivity contribution is -0.0260. The number of hydrogen-bond acceptors (Lipinski definition) is 1. The molecule has 2 fully saturated rings. The van der Waals surface area contributed by atoms with Gasteiger partial charge in [0.25, 0.3) is 0 Å². The van der Waals surface area contributed by atoms with Crippen molar-refractivity contribution in [3.05, 3.63) is 0 Å². The van der Waals surface area contributed by atoms with Gasteiger partial charge in [0.2, 0.25) is 6.43 Å². The first kappa shape index (κ1) is 9.38. The quantitative estimate of drug-likeness (QED) is 0.668. The van der Waals surface area contributed by atoms with Gasteiger partial charge in [-0.2, -0.15) is 0 Å². The molecule has 2 aliphatic rings. The molecule has 2 unspecified atom stereocenters. The molecule has 1 spiro atoms. The minimum Gasteiger partial charge on any atom is -0.316 e. The Balaban J connectivity index is 2.12. The van der Waals surface area contributed by atoms with Crippen LogP contribution in [0.5, 0.6) is 0 Å². The summed E-state index contributed by atoms with van der Waals surface area (Å²) in [5.41, 5.74) is -0.0492.